The van der Waals surface area contributed by atoms with Crippen LogP contribution in [0.2, 0.25) is 0 Å². The van der Waals surface area contributed by atoms with Gasteiger partial charge in [0, 0.05) is 16.5 Å². The minimum absolute atomic E-state index is 0.389. The van der Waals surface area contributed by atoms with Gasteiger partial charge in [0.15, 0.2) is 0 Å². The summed E-state index contributed by atoms with van der Waals surface area (Å²) in [6.45, 7) is 0. The summed E-state index contributed by atoms with van der Waals surface area (Å²) in [5, 5.41) is 9.44. The Hall–Kier alpha value is -0.330. The summed E-state index contributed by atoms with van der Waals surface area (Å²) in [5.41, 5.74) is 2.10. The molecule has 8 bridgehead atoms. The highest BCUT2D eigenvalue weighted by atomic mass is 14.7. The van der Waals surface area contributed by atoms with E-state index in [2.05, 4.69) is 0 Å². The largest absolute Gasteiger partial charge is 0.309 e. The molecule has 0 amide bonds. The molecule has 1 heteroatoms. The summed E-state index contributed by atoms with van der Waals surface area (Å²) in [7, 11) is 0. The van der Waals surface area contributed by atoms with Gasteiger partial charge in [-0.25, -0.2) is 0 Å². The topological polar surface area (TPSA) is 23.9 Å². The van der Waals surface area contributed by atoms with Crippen molar-refractivity contribution in [3.8, 4) is 0 Å². The maximum atomic E-state index is 9.44. The van der Waals surface area contributed by atoms with E-state index in [4.69, 9.17) is 0 Å². The first-order valence-electron chi connectivity index (χ1n) is 10.2. The Kier molecular flexibility index (Phi) is 2.37. The molecule has 0 radical (unpaired) electrons. The molecule has 0 aromatic rings. The third-order valence-corrected chi connectivity index (χ3v) is 9.14. The molecule has 8 aliphatic rings. The molecule has 0 aromatic heterocycles. The number of hydrogen-bond acceptors (Lipinski definition) is 1. The van der Waals surface area contributed by atoms with Crippen LogP contribution in [0.15, 0.2) is 0 Å². The molecule has 0 heterocycles. The maximum absolute atomic E-state index is 9.44. The van der Waals surface area contributed by atoms with Crippen molar-refractivity contribution < 1.29 is 0 Å². The Labute approximate surface area is 135 Å². The van der Waals surface area contributed by atoms with Crippen LogP contribution < -0.4 is 0 Å². The molecule has 8 fully saturated rings. The van der Waals surface area contributed by atoms with Crippen molar-refractivity contribution in [2.24, 2.45) is 46.3 Å². The minimum atomic E-state index is 0.389. The number of rotatable bonds is 2. The molecule has 8 saturated carbocycles. The molecule has 1 N–H and O–H groups in total. The lowest BCUT2D eigenvalue weighted by Gasteiger charge is -2.63. The van der Waals surface area contributed by atoms with Crippen LogP contribution in [0.5, 0.6) is 0 Å². The van der Waals surface area contributed by atoms with Crippen molar-refractivity contribution in [3.63, 3.8) is 0 Å². The first kappa shape index (κ1) is 13.0. The van der Waals surface area contributed by atoms with Gasteiger partial charge < -0.3 is 5.41 Å². The van der Waals surface area contributed by atoms with Gasteiger partial charge in [-0.1, -0.05) is 0 Å². The molecular weight excluding hydrogens is 266 g/mol. The normalized spacial score (nSPS) is 60.9. The third kappa shape index (κ3) is 1.59. The van der Waals surface area contributed by atoms with Crippen molar-refractivity contribution in [3.05, 3.63) is 0 Å². The van der Waals surface area contributed by atoms with Crippen molar-refractivity contribution in [1.82, 2.24) is 0 Å². The SMILES string of the molecule is N=C(C12CC3CC(CC(C3)C1)C2)C12CC3CC(CC(C3)C1)C2. The Morgan fingerprint density at radius 2 is 0.727 bits per heavy atom. The van der Waals surface area contributed by atoms with Crippen LogP contribution in [0.1, 0.15) is 77.0 Å². The lowest BCUT2D eigenvalue weighted by atomic mass is 9.41. The molecule has 0 saturated heterocycles. The van der Waals surface area contributed by atoms with Gasteiger partial charge in [-0.15, -0.1) is 0 Å². The average Bonchev–Trinajstić information content (AvgIpc) is 2.43. The van der Waals surface area contributed by atoms with Gasteiger partial charge in [-0.05, 0) is 113 Å². The van der Waals surface area contributed by atoms with Crippen molar-refractivity contribution in [1.29, 1.82) is 5.41 Å². The molecule has 8 aliphatic carbocycles. The van der Waals surface area contributed by atoms with Gasteiger partial charge in [0.25, 0.3) is 0 Å². The second-order valence-corrected chi connectivity index (χ2v) is 10.8. The lowest BCUT2D eigenvalue weighted by molar-refractivity contribution is -0.0460. The van der Waals surface area contributed by atoms with Gasteiger partial charge in [-0.3, -0.25) is 0 Å². The Balaban J connectivity index is 1.37. The zero-order chi connectivity index (χ0) is 14.5. The highest BCUT2D eigenvalue weighted by molar-refractivity contribution is 5.93. The fraction of sp³-hybridized carbons (Fsp3) is 0.952. The maximum Gasteiger partial charge on any atom is 0.0213 e. The summed E-state index contributed by atoms with van der Waals surface area (Å²) < 4.78 is 0. The molecule has 0 spiro atoms. The molecular formula is C21H31N. The fourth-order valence-electron chi connectivity index (χ4n) is 9.40. The standard InChI is InChI=1S/C21H31N/c22-19(20-7-13-1-14(8-20)3-15(2-13)9-20)21-10-16-4-17(11-21)6-18(5-16)12-21/h13-18,22H,1-12H2. The van der Waals surface area contributed by atoms with Crippen LogP contribution in [0.25, 0.3) is 0 Å². The highest BCUT2D eigenvalue weighted by Gasteiger charge is 2.60. The van der Waals surface area contributed by atoms with E-state index in [-0.39, 0.29) is 0 Å². The Morgan fingerprint density at radius 3 is 0.955 bits per heavy atom. The van der Waals surface area contributed by atoms with Gasteiger partial charge in [0.1, 0.15) is 0 Å². The van der Waals surface area contributed by atoms with E-state index < -0.39 is 0 Å². The van der Waals surface area contributed by atoms with Crippen molar-refractivity contribution in [2.45, 2.75) is 77.0 Å². The van der Waals surface area contributed by atoms with Crippen molar-refractivity contribution >= 4 is 5.71 Å². The summed E-state index contributed by atoms with van der Waals surface area (Å²) in [6.07, 6.45) is 17.6. The quantitative estimate of drug-likeness (QED) is 0.656. The predicted octanol–water partition coefficient (Wildman–Crippen LogP) is 5.44. The van der Waals surface area contributed by atoms with Crippen LogP contribution in [0.4, 0.5) is 0 Å². The Morgan fingerprint density at radius 1 is 0.500 bits per heavy atom. The molecule has 8 rings (SSSR count). The molecule has 0 atom stereocenters. The molecule has 22 heavy (non-hydrogen) atoms. The van der Waals surface area contributed by atoms with Gasteiger partial charge in [0.05, 0.1) is 0 Å². The second kappa shape index (κ2) is 4.01. The third-order valence-electron chi connectivity index (χ3n) is 9.14. The first-order valence-corrected chi connectivity index (χ1v) is 10.2. The van der Waals surface area contributed by atoms with Gasteiger partial charge in [0.2, 0.25) is 0 Å². The summed E-state index contributed by atoms with van der Waals surface area (Å²) in [6, 6.07) is 0. The lowest BCUT2D eigenvalue weighted by Crippen LogP contribution is -2.58. The van der Waals surface area contributed by atoms with Gasteiger partial charge in [-0.2, -0.15) is 0 Å². The first-order chi connectivity index (χ1) is 10.6. The van der Waals surface area contributed by atoms with Crippen LogP contribution in [-0.2, 0) is 0 Å². The van der Waals surface area contributed by atoms with E-state index in [1.54, 1.807) is 0 Å². The van der Waals surface area contributed by atoms with E-state index in [0.29, 0.717) is 10.8 Å². The summed E-state index contributed by atoms with van der Waals surface area (Å²) in [4.78, 5) is 0. The van der Waals surface area contributed by atoms with E-state index in [1.165, 1.54) is 82.8 Å². The smallest absolute Gasteiger partial charge is 0.0213 e. The van der Waals surface area contributed by atoms with Crippen LogP contribution in [0, 0.1) is 51.7 Å². The number of nitrogens with one attached hydrogen (secondary N) is 1. The zero-order valence-corrected chi connectivity index (χ0v) is 13.9. The molecule has 0 aromatic carbocycles. The molecule has 1 nitrogen and oxygen atoms in total. The van der Waals surface area contributed by atoms with E-state index in [0.717, 1.165) is 35.5 Å². The molecule has 120 valence electrons. The number of hydrogen-bond donors (Lipinski definition) is 1. The van der Waals surface area contributed by atoms with E-state index in [9.17, 15) is 5.41 Å². The zero-order valence-electron chi connectivity index (χ0n) is 13.9. The molecule has 0 aliphatic heterocycles. The second-order valence-electron chi connectivity index (χ2n) is 10.8. The predicted molar refractivity (Wildman–Crippen MR) is 88.9 cm³/mol. The monoisotopic (exact) mass is 297 g/mol. The summed E-state index contributed by atoms with van der Waals surface area (Å²) in [5.74, 6) is 6.00. The van der Waals surface area contributed by atoms with Crippen LogP contribution in [-0.4, -0.2) is 5.71 Å². The van der Waals surface area contributed by atoms with Crippen LogP contribution >= 0.6 is 0 Å². The fourth-order valence-corrected chi connectivity index (χ4v) is 9.40. The average molecular weight is 297 g/mol. The summed E-state index contributed by atoms with van der Waals surface area (Å²) >= 11 is 0. The molecule has 0 unspecified atom stereocenters. The highest BCUT2D eigenvalue weighted by Crippen LogP contribution is 2.67. The Bertz CT molecular complexity index is 413. The van der Waals surface area contributed by atoms with E-state index in [1.807, 2.05) is 0 Å². The van der Waals surface area contributed by atoms with Crippen LogP contribution in [0.3, 0.4) is 0 Å². The van der Waals surface area contributed by atoms with Crippen molar-refractivity contribution in [2.75, 3.05) is 0 Å². The van der Waals surface area contributed by atoms with E-state index >= 15 is 0 Å². The minimum Gasteiger partial charge on any atom is -0.309 e. The van der Waals surface area contributed by atoms with Gasteiger partial charge >= 0.3 is 0 Å².